The Bertz CT molecular complexity index is 582. The second kappa shape index (κ2) is 6.66. The number of hydrogen-bond acceptors (Lipinski definition) is 1. The third-order valence-corrected chi connectivity index (χ3v) is 4.84. The number of aryl methyl sites for hydroxylation is 2. The van der Waals surface area contributed by atoms with Gasteiger partial charge in [0.25, 0.3) is 0 Å². The van der Waals surface area contributed by atoms with Gasteiger partial charge in [-0.3, -0.25) is 0 Å². The lowest BCUT2D eigenvalue weighted by Gasteiger charge is -2.25. The van der Waals surface area contributed by atoms with Crippen LogP contribution < -0.4 is 0 Å². The van der Waals surface area contributed by atoms with Crippen LogP contribution in [0.1, 0.15) is 41.5 Å². The molecule has 22 heavy (non-hydrogen) atoms. The Kier molecular flexibility index (Phi) is 4.63. The molecule has 1 nitrogen and oxygen atoms in total. The zero-order valence-corrected chi connectivity index (χ0v) is 14.0. The van der Waals surface area contributed by atoms with Crippen LogP contribution in [-0.2, 0) is 12.8 Å². The molecule has 0 aliphatic heterocycles. The van der Waals surface area contributed by atoms with Gasteiger partial charge >= 0.3 is 0 Å². The minimum Gasteiger partial charge on any atom is -0.309 e. The third-order valence-electron chi connectivity index (χ3n) is 4.84. The normalized spacial score (nSPS) is 16.0. The second-order valence-electron chi connectivity index (χ2n) is 7.05. The first-order valence-electron chi connectivity index (χ1n) is 8.45. The molecular weight excluding hydrogens is 266 g/mol. The van der Waals surface area contributed by atoms with Gasteiger partial charge in [-0.15, -0.1) is 0 Å². The highest BCUT2D eigenvalue weighted by molar-refractivity contribution is 5.44. The van der Waals surface area contributed by atoms with Gasteiger partial charge in [0.1, 0.15) is 0 Å². The van der Waals surface area contributed by atoms with E-state index in [9.17, 15) is 0 Å². The highest BCUT2D eigenvalue weighted by atomic mass is 15.1. The molecule has 0 amide bonds. The molecule has 0 radical (unpaired) electrons. The van der Waals surface area contributed by atoms with Crippen LogP contribution >= 0.6 is 0 Å². The Hall–Kier alpha value is -1.60. The van der Waals surface area contributed by atoms with Gasteiger partial charge in [0.05, 0.1) is 0 Å². The number of hydrogen-bond donors (Lipinski definition) is 0. The van der Waals surface area contributed by atoms with Crippen LogP contribution in [-0.4, -0.2) is 25.5 Å². The van der Waals surface area contributed by atoms with Gasteiger partial charge in [-0.1, -0.05) is 55.5 Å². The van der Waals surface area contributed by atoms with Crippen molar-refractivity contribution in [1.29, 1.82) is 0 Å². The molecule has 116 valence electrons. The summed E-state index contributed by atoms with van der Waals surface area (Å²) in [5.41, 5.74) is 6.19. The minimum absolute atomic E-state index is 0.546. The molecule has 3 rings (SSSR count). The molecule has 1 aliphatic carbocycles. The summed E-state index contributed by atoms with van der Waals surface area (Å²) in [6, 6.07) is 18.1. The molecule has 0 spiro atoms. The van der Waals surface area contributed by atoms with Gasteiger partial charge in [-0.05, 0) is 61.5 Å². The summed E-state index contributed by atoms with van der Waals surface area (Å²) in [7, 11) is 4.34. The van der Waals surface area contributed by atoms with E-state index >= 15 is 0 Å². The van der Waals surface area contributed by atoms with Crippen LogP contribution in [0.4, 0.5) is 0 Å². The topological polar surface area (TPSA) is 3.24 Å². The van der Waals surface area contributed by atoms with E-state index in [1.54, 1.807) is 22.3 Å². The van der Waals surface area contributed by atoms with Gasteiger partial charge in [0.15, 0.2) is 0 Å². The molecule has 0 aromatic heterocycles. The van der Waals surface area contributed by atoms with Crippen molar-refractivity contribution in [3.05, 3.63) is 70.8 Å². The molecule has 0 unspecified atom stereocenters. The summed E-state index contributed by atoms with van der Waals surface area (Å²) in [6.45, 7) is 3.54. The molecule has 1 heteroatoms. The summed E-state index contributed by atoms with van der Waals surface area (Å²) in [6.07, 6.45) is 3.57. The summed E-state index contributed by atoms with van der Waals surface area (Å²) >= 11 is 0. The molecule has 0 saturated heterocycles. The predicted molar refractivity (Wildman–Crippen MR) is 94.5 cm³/mol. The molecule has 0 saturated carbocycles. The summed E-state index contributed by atoms with van der Waals surface area (Å²) in [5.74, 6) is 1.24. The lowest BCUT2D eigenvalue weighted by atomic mass is 9.82. The zero-order valence-electron chi connectivity index (χ0n) is 14.0. The van der Waals surface area contributed by atoms with E-state index in [1.807, 2.05) is 0 Å². The molecule has 0 heterocycles. The van der Waals surface area contributed by atoms with Crippen molar-refractivity contribution in [3.8, 4) is 0 Å². The monoisotopic (exact) mass is 293 g/mol. The van der Waals surface area contributed by atoms with E-state index in [2.05, 4.69) is 74.4 Å². The highest BCUT2D eigenvalue weighted by Crippen LogP contribution is 2.38. The van der Waals surface area contributed by atoms with E-state index < -0.39 is 0 Å². The Morgan fingerprint density at radius 1 is 0.909 bits per heavy atom. The summed E-state index contributed by atoms with van der Waals surface area (Å²) in [4.78, 5) is 2.30. The van der Waals surface area contributed by atoms with Crippen LogP contribution in [0, 0.1) is 5.92 Å². The zero-order chi connectivity index (χ0) is 15.5. The second-order valence-corrected chi connectivity index (χ2v) is 7.05. The number of rotatable bonds is 4. The van der Waals surface area contributed by atoms with Gasteiger partial charge < -0.3 is 4.90 Å². The van der Waals surface area contributed by atoms with Crippen molar-refractivity contribution in [1.82, 2.24) is 4.90 Å². The van der Waals surface area contributed by atoms with E-state index in [0.717, 1.165) is 6.54 Å². The molecule has 1 atom stereocenters. The first kappa shape index (κ1) is 15.3. The van der Waals surface area contributed by atoms with Crippen molar-refractivity contribution >= 4 is 0 Å². The van der Waals surface area contributed by atoms with Crippen LogP contribution in [0.3, 0.4) is 0 Å². The largest absolute Gasteiger partial charge is 0.309 e. The Morgan fingerprint density at radius 3 is 1.91 bits per heavy atom. The minimum atomic E-state index is 0.546. The maximum atomic E-state index is 2.39. The number of nitrogens with zero attached hydrogens (tertiary/aromatic N) is 1. The average molecular weight is 293 g/mol. The highest BCUT2D eigenvalue weighted by Gasteiger charge is 2.24. The molecule has 0 bridgehead atoms. The maximum absolute atomic E-state index is 2.39. The summed E-state index contributed by atoms with van der Waals surface area (Å²) in [5, 5.41) is 0. The molecule has 1 aliphatic rings. The lowest BCUT2D eigenvalue weighted by Crippen LogP contribution is -2.21. The molecule has 0 fully saturated rings. The van der Waals surface area contributed by atoms with Crippen LogP contribution in [0.2, 0.25) is 0 Å². The van der Waals surface area contributed by atoms with Gasteiger partial charge in [-0.2, -0.15) is 0 Å². The standard InChI is InChI=1S/C21H27N/c1-16(15-22(2)3)14-21-19-10-6-4-8-17(19)12-13-18-9-5-7-11-20(18)21/h4-11,16,21H,12-15H2,1-3H3/t16-/m1/s1. The van der Waals surface area contributed by atoms with Crippen molar-refractivity contribution in [3.63, 3.8) is 0 Å². The molecule has 2 aromatic rings. The molecule has 2 aromatic carbocycles. The average Bonchev–Trinajstić information content (AvgIpc) is 2.65. The van der Waals surface area contributed by atoms with Crippen molar-refractivity contribution in [2.75, 3.05) is 20.6 Å². The van der Waals surface area contributed by atoms with Crippen molar-refractivity contribution in [2.45, 2.75) is 32.1 Å². The van der Waals surface area contributed by atoms with Crippen molar-refractivity contribution in [2.24, 2.45) is 5.92 Å². The Labute approximate surface area is 135 Å². The van der Waals surface area contributed by atoms with Gasteiger partial charge in [0.2, 0.25) is 0 Å². The fraction of sp³-hybridized carbons (Fsp3) is 0.429. The van der Waals surface area contributed by atoms with E-state index in [-0.39, 0.29) is 0 Å². The predicted octanol–water partition coefficient (Wildman–Crippen LogP) is 4.50. The fourth-order valence-corrected chi connectivity index (χ4v) is 3.99. The SMILES string of the molecule is C[C@H](CC1c2ccccc2CCc2ccccc21)CN(C)C. The van der Waals surface area contributed by atoms with Crippen LogP contribution in [0.25, 0.3) is 0 Å². The van der Waals surface area contributed by atoms with Crippen molar-refractivity contribution < 1.29 is 0 Å². The molecular formula is C21H27N. The van der Waals surface area contributed by atoms with Gasteiger partial charge in [0, 0.05) is 12.5 Å². The Morgan fingerprint density at radius 2 is 1.41 bits per heavy atom. The van der Waals surface area contributed by atoms with Crippen LogP contribution in [0.5, 0.6) is 0 Å². The quantitative estimate of drug-likeness (QED) is 0.802. The summed E-state index contributed by atoms with van der Waals surface area (Å²) < 4.78 is 0. The fourth-order valence-electron chi connectivity index (χ4n) is 3.99. The molecule has 0 N–H and O–H groups in total. The first-order chi connectivity index (χ1) is 10.6. The van der Waals surface area contributed by atoms with Crippen LogP contribution in [0.15, 0.2) is 48.5 Å². The van der Waals surface area contributed by atoms with Gasteiger partial charge in [-0.25, -0.2) is 0 Å². The lowest BCUT2D eigenvalue weighted by molar-refractivity contribution is 0.321. The Balaban J connectivity index is 1.99. The number of benzene rings is 2. The maximum Gasteiger partial charge on any atom is 0.00978 e. The number of fused-ring (bicyclic) bond motifs is 2. The smallest absolute Gasteiger partial charge is 0.00978 e. The first-order valence-corrected chi connectivity index (χ1v) is 8.45. The van der Waals surface area contributed by atoms with E-state index in [0.29, 0.717) is 11.8 Å². The third kappa shape index (κ3) is 3.25. The van der Waals surface area contributed by atoms with E-state index in [4.69, 9.17) is 0 Å². The van der Waals surface area contributed by atoms with E-state index in [1.165, 1.54) is 19.3 Å².